The molecule has 0 radical (unpaired) electrons. The second-order valence-corrected chi connectivity index (χ2v) is 11.0. The zero-order valence-corrected chi connectivity index (χ0v) is 23.9. The number of thiophene rings is 1. The summed E-state index contributed by atoms with van der Waals surface area (Å²) in [5.74, 6) is 0.362. The van der Waals surface area contributed by atoms with Crippen molar-refractivity contribution in [2.24, 2.45) is 5.73 Å². The van der Waals surface area contributed by atoms with Gasteiger partial charge >= 0.3 is 0 Å². The van der Waals surface area contributed by atoms with Gasteiger partial charge < -0.3 is 20.3 Å². The maximum Gasteiger partial charge on any atom is 0.249 e. The van der Waals surface area contributed by atoms with Crippen LogP contribution in [0.25, 0.3) is 27.5 Å². The number of primary amides is 1. The smallest absolute Gasteiger partial charge is 0.249 e. The summed E-state index contributed by atoms with van der Waals surface area (Å²) < 4.78 is 7.31. The molecular formula is C29H37N7O2S. The van der Waals surface area contributed by atoms with Crippen LogP contribution in [0.5, 0.6) is 0 Å². The van der Waals surface area contributed by atoms with Gasteiger partial charge in [-0.1, -0.05) is 19.9 Å². The number of anilines is 1. The SMILES string of the molecule is CCN(CC)[C@@H](C)Cc1c(C(N)=O)cc(-c2cnn3ccc(-c4cccs4)nc23)nc1N1CCC[C@H]1COC. The van der Waals surface area contributed by atoms with E-state index in [9.17, 15) is 4.79 Å². The second-order valence-electron chi connectivity index (χ2n) is 10.1. The van der Waals surface area contributed by atoms with Crippen LogP contribution in [0, 0.1) is 0 Å². The van der Waals surface area contributed by atoms with Gasteiger partial charge in [0.1, 0.15) is 5.82 Å². The Labute approximate surface area is 233 Å². The molecule has 4 aromatic rings. The largest absolute Gasteiger partial charge is 0.383 e. The van der Waals surface area contributed by atoms with Crippen LogP contribution in [0.2, 0.25) is 0 Å². The van der Waals surface area contributed by atoms with E-state index in [-0.39, 0.29) is 12.1 Å². The standard InChI is InChI=1S/C29H37N7O2S/c1-5-34(6-2)19(3)15-22-21(27(30)37)16-25(33-28(22)35-12-7-9-20(35)18-38-4)23-17-31-36-13-11-24(32-29(23)36)26-10-8-14-39-26/h8,10-11,13-14,16-17,19-20H,5-7,9,12,15,18H2,1-4H3,(H2,30,37)/t19-,20-/m0/s1. The van der Waals surface area contributed by atoms with Crippen molar-refractivity contribution in [3.63, 3.8) is 0 Å². The summed E-state index contributed by atoms with van der Waals surface area (Å²) in [6.07, 6.45) is 6.41. The first-order valence-corrected chi connectivity index (χ1v) is 14.5. The molecule has 5 heterocycles. The number of carbonyl (C=O) groups is 1. The van der Waals surface area contributed by atoms with Crippen molar-refractivity contribution in [1.29, 1.82) is 0 Å². The number of pyridine rings is 1. The summed E-state index contributed by atoms with van der Waals surface area (Å²) in [6.45, 7) is 9.84. The predicted octanol–water partition coefficient (Wildman–Crippen LogP) is 4.51. The quantitative estimate of drug-likeness (QED) is 0.295. The molecule has 2 N–H and O–H groups in total. The fraction of sp³-hybridized carbons (Fsp3) is 0.448. The molecule has 1 aliphatic heterocycles. The molecule has 206 valence electrons. The number of fused-ring (bicyclic) bond motifs is 1. The van der Waals surface area contributed by atoms with E-state index in [1.54, 1.807) is 29.2 Å². The van der Waals surface area contributed by atoms with Gasteiger partial charge in [-0.15, -0.1) is 11.3 Å². The van der Waals surface area contributed by atoms with Crippen molar-refractivity contribution < 1.29 is 9.53 Å². The van der Waals surface area contributed by atoms with Crippen molar-refractivity contribution in [3.05, 3.63) is 53.2 Å². The molecule has 1 saturated heterocycles. The Hall–Kier alpha value is -3.34. The van der Waals surface area contributed by atoms with E-state index >= 15 is 0 Å². The number of likely N-dealkylation sites (N-methyl/N-ethyl adjacent to an activating group) is 1. The highest BCUT2D eigenvalue weighted by Crippen LogP contribution is 2.35. The molecular weight excluding hydrogens is 510 g/mol. The Morgan fingerprint density at radius 1 is 1.26 bits per heavy atom. The van der Waals surface area contributed by atoms with E-state index in [4.69, 9.17) is 20.4 Å². The second kappa shape index (κ2) is 11.8. The van der Waals surface area contributed by atoms with Crippen LogP contribution in [-0.4, -0.2) is 75.8 Å². The average molecular weight is 548 g/mol. The molecule has 0 saturated carbocycles. The van der Waals surface area contributed by atoms with Gasteiger partial charge in [-0.2, -0.15) is 5.10 Å². The Morgan fingerprint density at radius 2 is 2.08 bits per heavy atom. The van der Waals surface area contributed by atoms with Gasteiger partial charge in [0.25, 0.3) is 0 Å². The molecule has 0 spiro atoms. The van der Waals surface area contributed by atoms with Gasteiger partial charge in [0.15, 0.2) is 5.65 Å². The number of amides is 1. The van der Waals surface area contributed by atoms with Crippen LogP contribution < -0.4 is 10.6 Å². The molecule has 0 bridgehead atoms. The first-order chi connectivity index (χ1) is 18.9. The Balaban J connectivity index is 1.68. The molecule has 1 fully saturated rings. The molecule has 9 nitrogen and oxygen atoms in total. The zero-order valence-electron chi connectivity index (χ0n) is 23.1. The van der Waals surface area contributed by atoms with Gasteiger partial charge in [-0.05, 0) is 62.9 Å². The molecule has 0 aromatic carbocycles. The van der Waals surface area contributed by atoms with Crippen molar-refractivity contribution in [2.45, 2.75) is 52.1 Å². The predicted molar refractivity (Wildman–Crippen MR) is 156 cm³/mol. The minimum Gasteiger partial charge on any atom is -0.383 e. The number of rotatable bonds is 11. The van der Waals surface area contributed by atoms with Gasteiger partial charge in [-0.25, -0.2) is 14.5 Å². The van der Waals surface area contributed by atoms with E-state index in [0.717, 1.165) is 60.0 Å². The number of methoxy groups -OCH3 is 1. The van der Waals surface area contributed by atoms with Crippen molar-refractivity contribution in [3.8, 4) is 21.8 Å². The number of aromatic nitrogens is 4. The van der Waals surface area contributed by atoms with E-state index in [0.29, 0.717) is 29.9 Å². The molecule has 39 heavy (non-hydrogen) atoms. The summed E-state index contributed by atoms with van der Waals surface area (Å²) in [7, 11) is 1.73. The van der Waals surface area contributed by atoms with Crippen LogP contribution >= 0.6 is 11.3 Å². The fourth-order valence-electron chi connectivity index (χ4n) is 5.72. The molecule has 1 aliphatic rings. The van der Waals surface area contributed by atoms with Crippen LogP contribution in [0.15, 0.2) is 42.0 Å². The van der Waals surface area contributed by atoms with Crippen molar-refractivity contribution in [1.82, 2.24) is 24.5 Å². The lowest BCUT2D eigenvalue weighted by atomic mass is 9.97. The van der Waals surface area contributed by atoms with E-state index in [1.807, 2.05) is 29.8 Å². The highest BCUT2D eigenvalue weighted by Gasteiger charge is 2.31. The lowest BCUT2D eigenvalue weighted by Crippen LogP contribution is -2.38. The highest BCUT2D eigenvalue weighted by molar-refractivity contribution is 7.13. The summed E-state index contributed by atoms with van der Waals surface area (Å²) in [5.41, 5.74) is 10.4. The van der Waals surface area contributed by atoms with Crippen molar-refractivity contribution in [2.75, 3.05) is 38.3 Å². The van der Waals surface area contributed by atoms with Crippen LogP contribution in [0.3, 0.4) is 0 Å². The van der Waals surface area contributed by atoms with Crippen molar-refractivity contribution >= 4 is 28.7 Å². The topological polar surface area (TPSA) is 102 Å². The lowest BCUT2D eigenvalue weighted by molar-refractivity contribution is 0.0999. The monoisotopic (exact) mass is 547 g/mol. The lowest BCUT2D eigenvalue weighted by Gasteiger charge is -2.31. The van der Waals surface area contributed by atoms with Gasteiger partial charge in [-0.3, -0.25) is 4.79 Å². The first kappa shape index (κ1) is 27.2. The Bertz CT molecular complexity index is 1430. The maximum atomic E-state index is 13.0. The van der Waals surface area contributed by atoms with Gasteiger partial charge in [0, 0.05) is 37.0 Å². The number of carbonyl (C=O) groups excluding carboxylic acids is 1. The Kier molecular flexibility index (Phi) is 8.25. The first-order valence-electron chi connectivity index (χ1n) is 13.7. The van der Waals surface area contributed by atoms with Gasteiger partial charge in [0.2, 0.25) is 5.91 Å². The van der Waals surface area contributed by atoms with E-state index in [1.165, 1.54) is 0 Å². The molecule has 10 heteroatoms. The molecule has 0 aliphatic carbocycles. The third kappa shape index (κ3) is 5.41. The van der Waals surface area contributed by atoms with Crippen LogP contribution in [0.1, 0.15) is 49.5 Å². The minimum atomic E-state index is -0.451. The number of nitrogens with zero attached hydrogens (tertiary/aromatic N) is 6. The van der Waals surface area contributed by atoms with E-state index in [2.05, 4.69) is 41.7 Å². The van der Waals surface area contributed by atoms with Crippen LogP contribution in [0.4, 0.5) is 5.82 Å². The average Bonchev–Trinajstić information content (AvgIpc) is 3.70. The summed E-state index contributed by atoms with van der Waals surface area (Å²) >= 11 is 1.64. The van der Waals surface area contributed by atoms with Gasteiger partial charge in [0.05, 0.1) is 40.7 Å². The van der Waals surface area contributed by atoms with Crippen LogP contribution in [-0.2, 0) is 11.2 Å². The third-order valence-corrected chi connectivity index (χ3v) is 8.62. The third-order valence-electron chi connectivity index (χ3n) is 7.73. The number of hydrogen-bond acceptors (Lipinski definition) is 8. The summed E-state index contributed by atoms with van der Waals surface area (Å²) in [6, 6.07) is 8.26. The highest BCUT2D eigenvalue weighted by atomic mass is 32.1. The number of hydrogen-bond donors (Lipinski definition) is 1. The fourth-order valence-corrected chi connectivity index (χ4v) is 6.41. The minimum absolute atomic E-state index is 0.188. The Morgan fingerprint density at radius 3 is 2.77 bits per heavy atom. The molecule has 5 rings (SSSR count). The maximum absolute atomic E-state index is 13.0. The molecule has 0 unspecified atom stereocenters. The molecule has 4 aromatic heterocycles. The number of ether oxygens (including phenoxy) is 1. The summed E-state index contributed by atoms with van der Waals surface area (Å²) in [4.78, 5) is 28.9. The molecule has 1 amide bonds. The number of nitrogens with two attached hydrogens (primary N) is 1. The molecule has 2 atom stereocenters. The zero-order chi connectivity index (χ0) is 27.5. The normalized spacial score (nSPS) is 16.4. The van der Waals surface area contributed by atoms with E-state index < -0.39 is 5.91 Å². The summed E-state index contributed by atoms with van der Waals surface area (Å²) in [5, 5.41) is 6.58.